The van der Waals surface area contributed by atoms with Gasteiger partial charge >= 0.3 is 11.9 Å². The van der Waals surface area contributed by atoms with Gasteiger partial charge in [-0.2, -0.15) is 0 Å². The van der Waals surface area contributed by atoms with E-state index in [1.54, 1.807) is 26.8 Å². The number of esters is 1. The van der Waals surface area contributed by atoms with Crippen LogP contribution in [0.5, 0.6) is 0 Å². The number of anilines is 1. The van der Waals surface area contributed by atoms with Gasteiger partial charge in [-0.05, 0) is 51.0 Å². The summed E-state index contributed by atoms with van der Waals surface area (Å²) in [6.07, 6.45) is 0.457. The van der Waals surface area contributed by atoms with E-state index >= 15 is 0 Å². The molecule has 1 aliphatic rings. The summed E-state index contributed by atoms with van der Waals surface area (Å²) in [6, 6.07) is 3.92. The highest BCUT2D eigenvalue weighted by Crippen LogP contribution is 2.26. The summed E-state index contributed by atoms with van der Waals surface area (Å²) in [5.41, 5.74) is 0.938. The Kier molecular flexibility index (Phi) is 5.54. The Morgan fingerprint density at radius 2 is 2.08 bits per heavy atom. The van der Waals surface area contributed by atoms with Crippen LogP contribution in [0.4, 0.5) is 10.1 Å². The lowest BCUT2D eigenvalue weighted by molar-refractivity contribution is -0.160. The molecule has 2 atom stereocenters. The molecular weight excluding hydrogens is 315 g/mol. The third-order valence-electron chi connectivity index (χ3n) is 4.23. The van der Waals surface area contributed by atoms with Crippen molar-refractivity contribution in [3.8, 4) is 0 Å². The summed E-state index contributed by atoms with van der Waals surface area (Å²) >= 11 is 0. The Morgan fingerprint density at radius 3 is 2.71 bits per heavy atom. The number of likely N-dealkylation sites (tertiary alicyclic amines) is 1. The van der Waals surface area contributed by atoms with E-state index in [-0.39, 0.29) is 18.3 Å². The van der Waals surface area contributed by atoms with Gasteiger partial charge in [-0.15, -0.1) is 0 Å². The number of halogens is 1. The van der Waals surface area contributed by atoms with Crippen LogP contribution < -0.4 is 5.32 Å². The molecule has 0 spiro atoms. The molecule has 1 heterocycles. The Bertz CT molecular complexity index is 662. The summed E-state index contributed by atoms with van der Waals surface area (Å²) in [5.74, 6) is -2.66. The fourth-order valence-corrected chi connectivity index (χ4v) is 2.84. The summed E-state index contributed by atoms with van der Waals surface area (Å²) in [4.78, 5) is 37.4. The number of carbonyl (C=O) groups excluding carboxylic acids is 3. The molecule has 1 aliphatic heterocycles. The first-order valence-corrected chi connectivity index (χ1v) is 7.89. The maximum atomic E-state index is 13.3. The second-order valence-corrected chi connectivity index (χ2v) is 5.81. The zero-order chi connectivity index (χ0) is 17.9. The number of hydrogen-bond acceptors (Lipinski definition) is 4. The van der Waals surface area contributed by atoms with E-state index in [1.807, 2.05) is 0 Å². The number of carbonyl (C=O) groups is 3. The third kappa shape index (κ3) is 3.72. The molecule has 0 saturated carbocycles. The van der Waals surface area contributed by atoms with Crippen molar-refractivity contribution in [1.82, 2.24) is 4.90 Å². The molecule has 0 aromatic heterocycles. The minimum Gasteiger partial charge on any atom is -0.459 e. The average Bonchev–Trinajstić information content (AvgIpc) is 2.92. The van der Waals surface area contributed by atoms with Crippen molar-refractivity contribution in [2.24, 2.45) is 5.92 Å². The number of amides is 2. The van der Waals surface area contributed by atoms with E-state index in [0.717, 1.165) is 0 Å². The minimum absolute atomic E-state index is 0.126. The molecule has 2 rings (SSSR count). The van der Waals surface area contributed by atoms with Gasteiger partial charge in [0, 0.05) is 18.3 Å². The maximum Gasteiger partial charge on any atom is 0.397 e. The first kappa shape index (κ1) is 17.9. The molecule has 2 amide bonds. The zero-order valence-electron chi connectivity index (χ0n) is 14.0. The summed E-state index contributed by atoms with van der Waals surface area (Å²) in [5, 5.41) is 2.74. The highest BCUT2D eigenvalue weighted by atomic mass is 19.1. The van der Waals surface area contributed by atoms with Crippen molar-refractivity contribution in [2.75, 3.05) is 18.5 Å². The monoisotopic (exact) mass is 336 g/mol. The largest absolute Gasteiger partial charge is 0.459 e. The number of rotatable bonds is 3. The second kappa shape index (κ2) is 7.42. The van der Waals surface area contributed by atoms with Crippen molar-refractivity contribution in [1.29, 1.82) is 0 Å². The van der Waals surface area contributed by atoms with Gasteiger partial charge in [0.05, 0.1) is 12.5 Å². The lowest BCUT2D eigenvalue weighted by atomic mass is 10.0. The number of aryl methyl sites for hydroxylation is 1. The number of hydrogen-bond donors (Lipinski definition) is 1. The minimum atomic E-state index is -0.903. The van der Waals surface area contributed by atoms with E-state index in [2.05, 4.69) is 5.32 Å². The fraction of sp³-hybridized carbons (Fsp3) is 0.471. The molecule has 0 radical (unpaired) electrons. The molecule has 7 heteroatoms. The highest BCUT2D eigenvalue weighted by Gasteiger charge is 2.40. The Labute approximate surface area is 140 Å². The first-order valence-electron chi connectivity index (χ1n) is 7.89. The van der Waals surface area contributed by atoms with Crippen LogP contribution in [0.15, 0.2) is 18.2 Å². The van der Waals surface area contributed by atoms with Crippen molar-refractivity contribution < 1.29 is 23.5 Å². The van der Waals surface area contributed by atoms with Gasteiger partial charge in [0.15, 0.2) is 0 Å². The SMILES string of the molecule is CCOC(=O)C(=O)N1CC[C@H](C(=O)Nc2ccc(F)c(C)c2)[C@@H]1C. The average molecular weight is 336 g/mol. The van der Waals surface area contributed by atoms with Crippen LogP contribution in [0.25, 0.3) is 0 Å². The zero-order valence-corrected chi connectivity index (χ0v) is 14.0. The summed E-state index contributed by atoms with van der Waals surface area (Å²) in [7, 11) is 0. The van der Waals surface area contributed by atoms with Crippen molar-refractivity contribution >= 4 is 23.5 Å². The number of ether oxygens (including phenoxy) is 1. The molecule has 24 heavy (non-hydrogen) atoms. The lowest BCUT2D eigenvalue weighted by Gasteiger charge is -2.23. The molecule has 0 unspecified atom stereocenters. The summed E-state index contributed by atoms with van der Waals surface area (Å²) < 4.78 is 18.0. The Morgan fingerprint density at radius 1 is 1.38 bits per heavy atom. The van der Waals surface area contributed by atoms with Crippen LogP contribution in [-0.2, 0) is 19.1 Å². The van der Waals surface area contributed by atoms with Gasteiger partial charge in [0.25, 0.3) is 0 Å². The number of nitrogens with zero attached hydrogens (tertiary/aromatic N) is 1. The van der Waals surface area contributed by atoms with Crippen molar-refractivity contribution in [2.45, 2.75) is 33.2 Å². The molecule has 1 fully saturated rings. The highest BCUT2D eigenvalue weighted by molar-refractivity contribution is 6.32. The van der Waals surface area contributed by atoms with Crippen LogP contribution in [0.1, 0.15) is 25.8 Å². The van der Waals surface area contributed by atoms with Gasteiger partial charge in [-0.1, -0.05) is 0 Å². The van der Waals surface area contributed by atoms with Crippen LogP contribution in [0.2, 0.25) is 0 Å². The maximum absolute atomic E-state index is 13.3. The summed E-state index contributed by atoms with van der Waals surface area (Å²) in [6.45, 7) is 5.41. The molecular formula is C17H21FN2O4. The molecule has 1 aromatic carbocycles. The molecule has 1 saturated heterocycles. The van der Waals surface area contributed by atoms with E-state index in [1.165, 1.54) is 17.0 Å². The smallest absolute Gasteiger partial charge is 0.397 e. The lowest BCUT2D eigenvalue weighted by Crippen LogP contribution is -2.42. The van der Waals surface area contributed by atoms with E-state index in [0.29, 0.717) is 24.2 Å². The van der Waals surface area contributed by atoms with Crippen molar-refractivity contribution in [3.63, 3.8) is 0 Å². The number of nitrogens with one attached hydrogen (secondary N) is 1. The second-order valence-electron chi connectivity index (χ2n) is 5.81. The molecule has 1 N–H and O–H groups in total. The van der Waals surface area contributed by atoms with E-state index in [9.17, 15) is 18.8 Å². The normalized spacial score (nSPS) is 19.9. The topological polar surface area (TPSA) is 75.7 Å². The van der Waals surface area contributed by atoms with Gasteiger partial charge in [-0.25, -0.2) is 9.18 Å². The fourth-order valence-electron chi connectivity index (χ4n) is 2.84. The van der Waals surface area contributed by atoms with E-state index in [4.69, 9.17) is 4.74 Å². The predicted molar refractivity (Wildman–Crippen MR) is 85.7 cm³/mol. The molecule has 6 nitrogen and oxygen atoms in total. The Hall–Kier alpha value is -2.44. The third-order valence-corrected chi connectivity index (χ3v) is 4.23. The first-order chi connectivity index (χ1) is 11.3. The molecule has 0 bridgehead atoms. The van der Waals surface area contributed by atoms with Gasteiger partial charge in [0.1, 0.15) is 5.82 Å². The standard InChI is InChI=1S/C17H21FN2O4/c1-4-24-17(23)16(22)20-8-7-13(11(20)3)15(21)19-12-5-6-14(18)10(2)9-12/h5-6,9,11,13H,4,7-8H2,1-3H3,(H,19,21)/t11-,13-/m0/s1. The van der Waals surface area contributed by atoms with Gasteiger partial charge < -0.3 is 15.0 Å². The number of benzene rings is 1. The van der Waals surface area contributed by atoms with Crippen molar-refractivity contribution in [3.05, 3.63) is 29.6 Å². The molecule has 1 aromatic rings. The quantitative estimate of drug-likeness (QED) is 0.675. The van der Waals surface area contributed by atoms with Crippen LogP contribution in [0.3, 0.4) is 0 Å². The van der Waals surface area contributed by atoms with Crippen LogP contribution >= 0.6 is 0 Å². The van der Waals surface area contributed by atoms with E-state index < -0.39 is 23.8 Å². The molecule has 0 aliphatic carbocycles. The van der Waals surface area contributed by atoms with Crippen LogP contribution in [-0.4, -0.2) is 41.9 Å². The Balaban J connectivity index is 2.02. The predicted octanol–water partition coefficient (Wildman–Crippen LogP) is 1.87. The van der Waals surface area contributed by atoms with Crippen LogP contribution in [0, 0.1) is 18.7 Å². The van der Waals surface area contributed by atoms with Gasteiger partial charge in [0.2, 0.25) is 5.91 Å². The van der Waals surface area contributed by atoms with Gasteiger partial charge in [-0.3, -0.25) is 9.59 Å². The molecule has 130 valence electrons.